The number of carbonyl (C=O) groups is 2. The van der Waals surface area contributed by atoms with E-state index in [2.05, 4.69) is 14.8 Å². The van der Waals surface area contributed by atoms with E-state index in [9.17, 15) is 18.0 Å². The van der Waals surface area contributed by atoms with E-state index in [0.29, 0.717) is 24.3 Å². The molecule has 1 fully saturated rings. The molecule has 1 saturated heterocycles. The van der Waals surface area contributed by atoms with Crippen molar-refractivity contribution in [2.45, 2.75) is 17.7 Å². The third-order valence-electron chi connectivity index (χ3n) is 5.18. The number of amides is 2. The van der Waals surface area contributed by atoms with E-state index in [4.69, 9.17) is 9.47 Å². The number of hydrogen-bond acceptors (Lipinski definition) is 7. The molecular formula is C23H27N3O7S. The number of para-hydroxylation sites is 2. The third kappa shape index (κ3) is 5.79. The first-order valence-corrected chi connectivity index (χ1v) is 12.0. The molecule has 2 N–H and O–H groups in total. The Kier molecular flexibility index (Phi) is 8.00. The number of ether oxygens (including phenoxy) is 3. The zero-order chi connectivity index (χ0) is 24.7. The number of hydrogen-bond donors (Lipinski definition) is 2. The topological polar surface area (TPSA) is 123 Å². The summed E-state index contributed by atoms with van der Waals surface area (Å²) in [5, 5.41) is 2.77. The van der Waals surface area contributed by atoms with Crippen LogP contribution in [0.2, 0.25) is 0 Å². The van der Waals surface area contributed by atoms with Gasteiger partial charge in [0.2, 0.25) is 0 Å². The lowest BCUT2D eigenvalue weighted by Gasteiger charge is -2.19. The lowest BCUT2D eigenvalue weighted by atomic mass is 10.2. The molecule has 3 rings (SSSR count). The molecule has 34 heavy (non-hydrogen) atoms. The number of likely N-dealkylation sites (tertiary alicyclic amines) is 1. The van der Waals surface area contributed by atoms with Crippen LogP contribution in [0.25, 0.3) is 6.08 Å². The maximum atomic E-state index is 13.4. The quantitative estimate of drug-likeness (QED) is 0.431. The van der Waals surface area contributed by atoms with E-state index in [1.165, 1.54) is 39.5 Å². The van der Waals surface area contributed by atoms with Gasteiger partial charge in [-0.05, 0) is 48.7 Å². The molecule has 11 heteroatoms. The molecule has 0 radical (unpaired) electrons. The van der Waals surface area contributed by atoms with Crippen LogP contribution in [0.3, 0.4) is 0 Å². The summed E-state index contributed by atoms with van der Waals surface area (Å²) in [6.45, 7) is 1.31. The molecule has 1 heterocycles. The zero-order valence-electron chi connectivity index (χ0n) is 19.2. The molecule has 2 aromatic carbocycles. The standard InChI is InChI=1S/C23H27N3O7S/c1-31-19-14-16(10-11-21(27)32-2)15-20(22(19)33-3)34(29,30)25-18-9-5-4-8-17(18)24-23(28)26-12-6-7-13-26/h4-5,8-11,14-15,25H,6-7,12-13H2,1-3H3,(H,24,28)/b11-10+. The lowest BCUT2D eigenvalue weighted by molar-refractivity contribution is -0.134. The first-order valence-electron chi connectivity index (χ1n) is 10.5. The van der Waals surface area contributed by atoms with Crippen LogP contribution in [0.1, 0.15) is 18.4 Å². The molecule has 1 aliphatic heterocycles. The molecule has 0 bridgehead atoms. The van der Waals surface area contributed by atoms with Crippen molar-refractivity contribution in [1.82, 2.24) is 4.90 Å². The van der Waals surface area contributed by atoms with Gasteiger partial charge in [0.05, 0.1) is 32.7 Å². The lowest BCUT2D eigenvalue weighted by Crippen LogP contribution is -2.32. The molecule has 1 aliphatic rings. The van der Waals surface area contributed by atoms with Crippen molar-refractivity contribution in [3.8, 4) is 11.5 Å². The minimum absolute atomic E-state index is 0.0104. The highest BCUT2D eigenvalue weighted by molar-refractivity contribution is 7.92. The first kappa shape index (κ1) is 24.9. The molecule has 0 saturated carbocycles. The number of carbonyl (C=O) groups excluding carboxylic acids is 2. The fourth-order valence-corrected chi connectivity index (χ4v) is 4.77. The number of urea groups is 1. The van der Waals surface area contributed by atoms with Gasteiger partial charge in [-0.2, -0.15) is 0 Å². The van der Waals surface area contributed by atoms with Crippen molar-refractivity contribution in [2.24, 2.45) is 0 Å². The van der Waals surface area contributed by atoms with Gasteiger partial charge in [0.15, 0.2) is 11.5 Å². The number of rotatable bonds is 8. The Labute approximate surface area is 198 Å². The Morgan fingerprint density at radius 3 is 2.29 bits per heavy atom. The van der Waals surface area contributed by atoms with Gasteiger partial charge in [-0.15, -0.1) is 0 Å². The first-order chi connectivity index (χ1) is 16.3. The monoisotopic (exact) mass is 489 g/mol. The minimum atomic E-state index is -4.20. The number of nitrogens with zero attached hydrogens (tertiary/aromatic N) is 1. The third-order valence-corrected chi connectivity index (χ3v) is 6.55. The predicted octanol–water partition coefficient (Wildman–Crippen LogP) is 3.32. The Morgan fingerprint density at radius 2 is 1.68 bits per heavy atom. The number of sulfonamides is 1. The van der Waals surface area contributed by atoms with E-state index in [0.717, 1.165) is 18.9 Å². The minimum Gasteiger partial charge on any atom is -0.493 e. The van der Waals surface area contributed by atoms with Crippen molar-refractivity contribution >= 4 is 39.5 Å². The van der Waals surface area contributed by atoms with Gasteiger partial charge in [0.25, 0.3) is 10.0 Å². The van der Waals surface area contributed by atoms with Gasteiger partial charge in [0, 0.05) is 19.2 Å². The summed E-state index contributed by atoms with van der Waals surface area (Å²) in [5.74, 6) is -0.450. The van der Waals surface area contributed by atoms with E-state index in [-0.39, 0.29) is 28.1 Å². The molecule has 0 aromatic heterocycles. The highest BCUT2D eigenvalue weighted by Crippen LogP contribution is 2.37. The summed E-state index contributed by atoms with van der Waals surface area (Å²) < 4.78 is 44.5. The van der Waals surface area contributed by atoms with Crippen LogP contribution in [0.5, 0.6) is 11.5 Å². The molecule has 0 atom stereocenters. The van der Waals surface area contributed by atoms with E-state index >= 15 is 0 Å². The average Bonchev–Trinajstić information content (AvgIpc) is 3.38. The summed E-state index contributed by atoms with van der Waals surface area (Å²) in [4.78, 5) is 25.5. The molecule has 2 amide bonds. The van der Waals surface area contributed by atoms with Gasteiger partial charge in [-0.3, -0.25) is 4.72 Å². The van der Waals surface area contributed by atoms with Crippen molar-refractivity contribution in [1.29, 1.82) is 0 Å². The molecular weight excluding hydrogens is 462 g/mol. The second-order valence-corrected chi connectivity index (χ2v) is 9.04. The van der Waals surface area contributed by atoms with Crippen LogP contribution in [0.15, 0.2) is 47.4 Å². The molecule has 0 unspecified atom stereocenters. The van der Waals surface area contributed by atoms with Crippen molar-refractivity contribution < 1.29 is 32.2 Å². The maximum Gasteiger partial charge on any atom is 0.330 e. The van der Waals surface area contributed by atoms with Gasteiger partial charge in [-0.25, -0.2) is 18.0 Å². The predicted molar refractivity (Wildman–Crippen MR) is 128 cm³/mol. The van der Waals surface area contributed by atoms with Crippen LogP contribution < -0.4 is 19.5 Å². The number of nitrogens with one attached hydrogen (secondary N) is 2. The number of methoxy groups -OCH3 is 3. The average molecular weight is 490 g/mol. The van der Waals surface area contributed by atoms with Crippen molar-refractivity contribution in [3.63, 3.8) is 0 Å². The second-order valence-electron chi connectivity index (χ2n) is 7.39. The van der Waals surface area contributed by atoms with Gasteiger partial charge < -0.3 is 24.4 Å². The highest BCUT2D eigenvalue weighted by atomic mass is 32.2. The molecule has 0 spiro atoms. The number of anilines is 2. The Morgan fingerprint density at radius 1 is 1.00 bits per heavy atom. The van der Waals surface area contributed by atoms with Gasteiger partial charge >= 0.3 is 12.0 Å². The van der Waals surface area contributed by atoms with Crippen LogP contribution in [-0.4, -0.2) is 59.7 Å². The van der Waals surface area contributed by atoms with Crippen LogP contribution in [0, 0.1) is 0 Å². The molecule has 182 valence electrons. The van der Waals surface area contributed by atoms with E-state index < -0.39 is 16.0 Å². The summed E-state index contributed by atoms with van der Waals surface area (Å²) in [7, 11) is -0.267. The summed E-state index contributed by atoms with van der Waals surface area (Å²) in [6.07, 6.45) is 4.43. The molecule has 2 aromatic rings. The van der Waals surface area contributed by atoms with Crippen LogP contribution in [-0.2, 0) is 19.6 Å². The Balaban J connectivity index is 1.96. The fourth-order valence-electron chi connectivity index (χ4n) is 3.47. The van der Waals surface area contributed by atoms with Gasteiger partial charge in [0.1, 0.15) is 4.90 Å². The smallest absolute Gasteiger partial charge is 0.330 e. The number of benzene rings is 2. The summed E-state index contributed by atoms with van der Waals surface area (Å²) >= 11 is 0. The zero-order valence-corrected chi connectivity index (χ0v) is 20.0. The van der Waals surface area contributed by atoms with Crippen LogP contribution >= 0.6 is 0 Å². The normalized spacial score (nSPS) is 13.6. The Bertz CT molecular complexity index is 1190. The van der Waals surface area contributed by atoms with Crippen molar-refractivity contribution in [2.75, 3.05) is 44.5 Å². The summed E-state index contributed by atoms with van der Waals surface area (Å²) in [6, 6.07) is 9.07. The Hall–Kier alpha value is -3.73. The van der Waals surface area contributed by atoms with Crippen LogP contribution in [0.4, 0.5) is 16.2 Å². The maximum absolute atomic E-state index is 13.4. The van der Waals surface area contributed by atoms with Crippen molar-refractivity contribution in [3.05, 3.63) is 48.0 Å². The molecule has 10 nitrogen and oxygen atoms in total. The van der Waals surface area contributed by atoms with Gasteiger partial charge in [-0.1, -0.05) is 12.1 Å². The van der Waals surface area contributed by atoms with E-state index in [1.807, 2.05) is 0 Å². The number of esters is 1. The highest BCUT2D eigenvalue weighted by Gasteiger charge is 2.26. The summed E-state index contributed by atoms with van der Waals surface area (Å²) in [5.41, 5.74) is 0.876. The largest absolute Gasteiger partial charge is 0.493 e. The molecule has 0 aliphatic carbocycles. The van der Waals surface area contributed by atoms with E-state index in [1.54, 1.807) is 29.2 Å². The fraction of sp³-hybridized carbons (Fsp3) is 0.304. The second kappa shape index (κ2) is 10.9. The SMILES string of the molecule is COC(=O)/C=C/c1cc(OC)c(OC)c(S(=O)(=O)Nc2ccccc2NC(=O)N2CCCC2)c1.